The number of nitrogens with one attached hydrogen (secondary N) is 1. The van der Waals surface area contributed by atoms with Crippen LogP contribution in [-0.2, 0) is 30.5 Å². The Morgan fingerprint density at radius 3 is 1.98 bits per heavy atom. The van der Waals surface area contributed by atoms with Gasteiger partial charge in [0.1, 0.15) is 11.4 Å². The Balaban J connectivity index is 1.17. The first kappa shape index (κ1) is 44.9. The topological polar surface area (TPSA) is 156 Å². The first-order chi connectivity index (χ1) is 28.3. The molecule has 2 atom stereocenters. The number of rotatable bonds is 15. The predicted molar refractivity (Wildman–Crippen MR) is 229 cm³/mol. The SMILES string of the molecule is CC(C)Oc1ccc(C(=O)N(CC2(C)CCCN(S(=O)(=O)c3ccccn3)C2)OC(C)(C)c2ccc(C(=O)NCC3(C)CCCN(S(=O)(=O)c4ccccc4)C3)cc2)cc1. The van der Waals surface area contributed by atoms with Crippen LogP contribution in [0.15, 0.2) is 113 Å². The number of piperidine rings is 2. The molecule has 2 unspecified atom stereocenters. The van der Waals surface area contributed by atoms with E-state index in [1.807, 2.05) is 41.5 Å². The molecule has 0 saturated carbocycles. The fourth-order valence-corrected chi connectivity index (χ4v) is 11.1. The molecule has 2 aliphatic heterocycles. The monoisotopic (exact) mass is 859 g/mol. The van der Waals surface area contributed by atoms with Crippen LogP contribution in [0.5, 0.6) is 5.75 Å². The number of sulfonamides is 2. The van der Waals surface area contributed by atoms with Gasteiger partial charge in [-0.3, -0.25) is 14.4 Å². The molecule has 0 aliphatic carbocycles. The highest BCUT2D eigenvalue weighted by Gasteiger charge is 2.42. The number of aromatic nitrogens is 1. The molecule has 3 aromatic carbocycles. The van der Waals surface area contributed by atoms with Crippen LogP contribution < -0.4 is 10.1 Å². The zero-order chi connectivity index (χ0) is 43.3. The summed E-state index contributed by atoms with van der Waals surface area (Å²) >= 11 is 0. The van der Waals surface area contributed by atoms with Crippen LogP contribution in [0.25, 0.3) is 0 Å². The van der Waals surface area contributed by atoms with Crippen LogP contribution >= 0.6 is 0 Å². The smallest absolute Gasteiger partial charge is 0.277 e. The first-order valence-corrected chi connectivity index (χ1v) is 23.3. The average molecular weight is 860 g/mol. The van der Waals surface area contributed by atoms with Crippen molar-refractivity contribution >= 4 is 31.9 Å². The summed E-state index contributed by atoms with van der Waals surface area (Å²) in [6, 6.07) is 27.0. The summed E-state index contributed by atoms with van der Waals surface area (Å²) in [6.45, 7) is 13.1. The number of benzene rings is 3. The first-order valence-electron chi connectivity index (χ1n) is 20.4. The number of carbonyl (C=O) groups is 2. The van der Waals surface area contributed by atoms with Gasteiger partial charge in [-0.25, -0.2) is 26.9 Å². The molecule has 60 heavy (non-hydrogen) atoms. The fraction of sp³-hybridized carbons (Fsp3) is 0.444. The van der Waals surface area contributed by atoms with Crippen LogP contribution in [0.2, 0.25) is 0 Å². The van der Waals surface area contributed by atoms with E-state index in [1.54, 1.807) is 91.0 Å². The Morgan fingerprint density at radius 2 is 1.37 bits per heavy atom. The molecular formula is C45H57N5O8S2. The van der Waals surface area contributed by atoms with Crippen molar-refractivity contribution in [3.8, 4) is 5.75 Å². The maximum absolute atomic E-state index is 14.4. The second-order valence-electron chi connectivity index (χ2n) is 17.4. The lowest BCUT2D eigenvalue weighted by Gasteiger charge is -2.43. The molecule has 3 heterocycles. The van der Waals surface area contributed by atoms with Gasteiger partial charge >= 0.3 is 0 Å². The molecule has 2 amide bonds. The Hall–Kier alpha value is -4.67. The number of pyridine rings is 1. The number of carbonyl (C=O) groups excluding carboxylic acids is 2. The van der Waals surface area contributed by atoms with Crippen molar-refractivity contribution in [3.05, 3.63) is 120 Å². The summed E-state index contributed by atoms with van der Waals surface area (Å²) in [5.74, 6) is -0.0620. The largest absolute Gasteiger partial charge is 0.491 e. The minimum absolute atomic E-state index is 0.0236. The average Bonchev–Trinajstić information content (AvgIpc) is 3.23. The molecule has 1 N–H and O–H groups in total. The third-order valence-corrected chi connectivity index (χ3v) is 14.8. The van der Waals surface area contributed by atoms with Crippen LogP contribution in [0, 0.1) is 10.8 Å². The van der Waals surface area contributed by atoms with E-state index in [4.69, 9.17) is 9.57 Å². The number of hydroxylamine groups is 2. The molecular weight excluding hydrogens is 803 g/mol. The van der Waals surface area contributed by atoms with Crippen molar-refractivity contribution in [3.63, 3.8) is 0 Å². The summed E-state index contributed by atoms with van der Waals surface area (Å²) in [7, 11) is -7.53. The summed E-state index contributed by atoms with van der Waals surface area (Å²) < 4.78 is 62.7. The van der Waals surface area contributed by atoms with Crippen LogP contribution in [-0.4, -0.2) is 92.7 Å². The van der Waals surface area contributed by atoms with E-state index in [1.165, 1.54) is 25.9 Å². The second kappa shape index (κ2) is 18.1. The van der Waals surface area contributed by atoms with E-state index < -0.39 is 42.4 Å². The zero-order valence-corrected chi connectivity index (χ0v) is 37.0. The van der Waals surface area contributed by atoms with Gasteiger partial charge in [0.05, 0.1) is 17.5 Å². The third kappa shape index (κ3) is 10.6. The molecule has 322 valence electrons. The Bertz CT molecular complexity index is 2330. The van der Waals surface area contributed by atoms with E-state index in [-0.39, 0.29) is 41.6 Å². The van der Waals surface area contributed by atoms with E-state index >= 15 is 0 Å². The van der Waals surface area contributed by atoms with Gasteiger partial charge in [0.25, 0.3) is 21.8 Å². The second-order valence-corrected chi connectivity index (χ2v) is 21.2. The van der Waals surface area contributed by atoms with Crippen molar-refractivity contribution < 1.29 is 36.0 Å². The van der Waals surface area contributed by atoms with Crippen molar-refractivity contribution in [2.45, 2.75) is 88.9 Å². The van der Waals surface area contributed by atoms with Crippen LogP contribution in [0.1, 0.15) is 93.5 Å². The highest BCUT2D eigenvalue weighted by atomic mass is 32.2. The summed E-state index contributed by atoms with van der Waals surface area (Å²) in [6.07, 6.45) is 4.10. The lowest BCUT2D eigenvalue weighted by atomic mass is 9.82. The number of hydrogen-bond acceptors (Lipinski definition) is 9. The van der Waals surface area contributed by atoms with E-state index in [0.29, 0.717) is 61.3 Å². The van der Waals surface area contributed by atoms with Crippen molar-refractivity contribution in [2.24, 2.45) is 10.8 Å². The summed E-state index contributed by atoms with van der Waals surface area (Å²) in [5.41, 5.74) is -0.711. The maximum atomic E-state index is 14.4. The van der Waals surface area contributed by atoms with E-state index in [0.717, 1.165) is 6.42 Å². The molecule has 13 nitrogen and oxygen atoms in total. The summed E-state index contributed by atoms with van der Waals surface area (Å²) in [4.78, 5) is 38.8. The number of hydrogen-bond donors (Lipinski definition) is 1. The normalized spacial score (nSPS) is 20.7. The van der Waals surface area contributed by atoms with Gasteiger partial charge in [-0.15, -0.1) is 0 Å². The molecule has 2 saturated heterocycles. The Kier molecular flexibility index (Phi) is 13.6. The van der Waals surface area contributed by atoms with Crippen LogP contribution in [0.4, 0.5) is 0 Å². The molecule has 4 aromatic rings. The van der Waals surface area contributed by atoms with Crippen molar-refractivity contribution in [1.82, 2.24) is 24.0 Å². The van der Waals surface area contributed by atoms with Crippen molar-refractivity contribution in [2.75, 3.05) is 39.3 Å². The van der Waals surface area contributed by atoms with Gasteiger partial charge in [0.2, 0.25) is 10.0 Å². The van der Waals surface area contributed by atoms with Gasteiger partial charge < -0.3 is 10.1 Å². The molecule has 1 aromatic heterocycles. The Labute approximate surface area is 355 Å². The van der Waals surface area contributed by atoms with Gasteiger partial charge in [-0.1, -0.05) is 50.2 Å². The molecule has 15 heteroatoms. The molecule has 2 aliphatic rings. The highest BCUT2D eigenvalue weighted by Crippen LogP contribution is 2.37. The molecule has 0 radical (unpaired) electrons. The van der Waals surface area contributed by atoms with Gasteiger partial charge in [-0.05, 0) is 125 Å². The molecule has 0 bridgehead atoms. The van der Waals surface area contributed by atoms with Gasteiger partial charge in [-0.2, -0.15) is 8.61 Å². The lowest BCUT2D eigenvalue weighted by Crippen LogP contribution is -2.51. The zero-order valence-electron chi connectivity index (χ0n) is 35.3. The number of nitrogens with zero attached hydrogens (tertiary/aromatic N) is 4. The van der Waals surface area contributed by atoms with Crippen LogP contribution in [0.3, 0.4) is 0 Å². The minimum atomic E-state index is -3.87. The van der Waals surface area contributed by atoms with Gasteiger partial charge in [0.15, 0.2) is 5.03 Å². The van der Waals surface area contributed by atoms with Crippen molar-refractivity contribution in [1.29, 1.82) is 0 Å². The standard InChI is InChI=1S/C45H57N5O8S2/c1-34(2)57-38-23-19-36(20-24-38)42(52)50(33-45(6)26-13-29-49(32-45)60(55,56)40-16-10-11-27-46-40)58-43(3,4)37-21-17-35(18-22-37)41(51)47-30-44(5)25-12-28-48(31-44)59(53,54)39-14-8-7-9-15-39/h7-11,14-24,27,34H,12-13,25-26,28-33H2,1-6H3,(H,47,51). The third-order valence-electron chi connectivity index (χ3n) is 11.2. The summed E-state index contributed by atoms with van der Waals surface area (Å²) in [5, 5.41) is 4.34. The number of amides is 2. The quantitative estimate of drug-likeness (QED) is 0.126. The molecule has 2 fully saturated rings. The van der Waals surface area contributed by atoms with E-state index in [9.17, 15) is 26.4 Å². The highest BCUT2D eigenvalue weighted by molar-refractivity contribution is 7.89. The fourth-order valence-electron chi connectivity index (χ4n) is 7.92. The Morgan fingerprint density at radius 1 is 0.783 bits per heavy atom. The lowest BCUT2D eigenvalue weighted by molar-refractivity contribution is -0.220. The van der Waals surface area contributed by atoms with E-state index in [2.05, 4.69) is 10.3 Å². The predicted octanol–water partition coefficient (Wildman–Crippen LogP) is 6.89. The molecule has 0 spiro atoms. The maximum Gasteiger partial charge on any atom is 0.277 e. The minimum Gasteiger partial charge on any atom is -0.491 e. The number of ether oxygens (including phenoxy) is 1. The van der Waals surface area contributed by atoms with Gasteiger partial charge in [0, 0.05) is 55.5 Å². The molecule has 6 rings (SSSR count).